The van der Waals surface area contributed by atoms with Gasteiger partial charge in [0.05, 0.1) is 22.3 Å². The van der Waals surface area contributed by atoms with Crippen LogP contribution in [-0.4, -0.2) is 23.9 Å². The van der Waals surface area contributed by atoms with Gasteiger partial charge in [0.2, 0.25) is 6.43 Å². The molecule has 3 rings (SSSR count). The highest BCUT2D eigenvalue weighted by molar-refractivity contribution is 6.39. The lowest BCUT2D eigenvalue weighted by Gasteiger charge is -2.14. The number of hydrogen-bond donors (Lipinski definition) is 1. The van der Waals surface area contributed by atoms with Crippen LogP contribution in [-0.2, 0) is 6.42 Å². The highest BCUT2D eigenvalue weighted by Crippen LogP contribution is 2.32. The van der Waals surface area contributed by atoms with Crippen LogP contribution in [0, 0.1) is 5.92 Å². The van der Waals surface area contributed by atoms with Crippen molar-refractivity contribution in [2.75, 3.05) is 11.9 Å². The number of halogens is 4. The molecule has 2 aromatic rings. The van der Waals surface area contributed by atoms with E-state index in [1.165, 1.54) is 12.4 Å². The first-order chi connectivity index (χ1) is 12.9. The van der Waals surface area contributed by atoms with Crippen molar-refractivity contribution in [2.45, 2.75) is 32.1 Å². The number of amides is 1. The van der Waals surface area contributed by atoms with Gasteiger partial charge >= 0.3 is 0 Å². The van der Waals surface area contributed by atoms with Crippen molar-refractivity contribution in [1.82, 2.24) is 4.98 Å². The highest BCUT2D eigenvalue weighted by Gasteiger charge is 2.23. The highest BCUT2D eigenvalue weighted by atomic mass is 35.5. The number of carbonyl (C=O) groups is 1. The van der Waals surface area contributed by atoms with Crippen molar-refractivity contribution >= 4 is 34.8 Å². The van der Waals surface area contributed by atoms with E-state index in [0.29, 0.717) is 29.4 Å². The Kier molecular flexibility index (Phi) is 6.50. The minimum absolute atomic E-state index is 0.121. The molecule has 1 heterocycles. The molecule has 1 aliphatic rings. The second kappa shape index (κ2) is 8.85. The number of nitrogens with zero attached hydrogens (tertiary/aromatic N) is 1. The van der Waals surface area contributed by atoms with E-state index in [1.807, 2.05) is 0 Å². The van der Waals surface area contributed by atoms with Gasteiger partial charge < -0.3 is 10.1 Å². The van der Waals surface area contributed by atoms with Crippen molar-refractivity contribution in [2.24, 2.45) is 5.92 Å². The number of anilines is 1. The van der Waals surface area contributed by atoms with E-state index >= 15 is 0 Å². The van der Waals surface area contributed by atoms with Crippen LogP contribution in [0.5, 0.6) is 5.75 Å². The molecule has 0 unspecified atom stereocenters. The lowest BCUT2D eigenvalue weighted by Crippen LogP contribution is -2.14. The third-order valence-electron chi connectivity index (χ3n) is 4.22. The van der Waals surface area contributed by atoms with Crippen LogP contribution in [0.25, 0.3) is 0 Å². The smallest absolute Gasteiger partial charge is 0.255 e. The van der Waals surface area contributed by atoms with Crippen molar-refractivity contribution < 1.29 is 18.3 Å². The first kappa shape index (κ1) is 19.8. The number of aryl methyl sites for hydroxylation is 1. The fraction of sp³-hybridized carbons (Fsp3) is 0.368. The van der Waals surface area contributed by atoms with Crippen LogP contribution >= 0.6 is 23.2 Å². The lowest BCUT2D eigenvalue weighted by atomic mass is 10.0. The van der Waals surface area contributed by atoms with E-state index in [1.54, 1.807) is 18.2 Å². The zero-order valence-electron chi connectivity index (χ0n) is 14.4. The molecular formula is C19H18Cl2F2N2O2. The number of benzene rings is 1. The fourth-order valence-corrected chi connectivity index (χ4v) is 2.99. The van der Waals surface area contributed by atoms with E-state index in [9.17, 15) is 13.6 Å². The third kappa shape index (κ3) is 5.53. The van der Waals surface area contributed by atoms with Gasteiger partial charge in [-0.15, -0.1) is 0 Å². The maximum Gasteiger partial charge on any atom is 0.255 e. The van der Waals surface area contributed by atoms with Gasteiger partial charge in [-0.3, -0.25) is 9.78 Å². The van der Waals surface area contributed by atoms with E-state index in [-0.39, 0.29) is 28.6 Å². The maximum absolute atomic E-state index is 12.7. The summed E-state index contributed by atoms with van der Waals surface area (Å²) in [4.78, 5) is 16.4. The molecule has 0 atom stereocenters. The second-order valence-electron chi connectivity index (χ2n) is 6.44. The molecule has 4 nitrogen and oxygen atoms in total. The fourth-order valence-electron chi connectivity index (χ4n) is 2.53. The number of nitrogens with one attached hydrogen (secondary N) is 1. The summed E-state index contributed by atoms with van der Waals surface area (Å²) in [5, 5.41) is 3.05. The SMILES string of the molecule is O=C(Nc1c(Cl)cncc1Cl)c1ccc(OCC2CC2)c(CCC(F)F)c1. The van der Waals surface area contributed by atoms with Gasteiger partial charge in [-0.25, -0.2) is 8.78 Å². The number of aromatic nitrogens is 1. The molecule has 1 aliphatic carbocycles. The minimum Gasteiger partial charge on any atom is -0.493 e. The van der Waals surface area contributed by atoms with Crippen molar-refractivity contribution in [3.8, 4) is 5.75 Å². The Labute approximate surface area is 165 Å². The molecule has 1 fully saturated rings. The molecule has 8 heteroatoms. The third-order valence-corrected chi connectivity index (χ3v) is 4.79. The molecule has 0 saturated heterocycles. The topological polar surface area (TPSA) is 51.2 Å². The van der Waals surface area contributed by atoms with Crippen LogP contribution in [0.15, 0.2) is 30.6 Å². The Morgan fingerprint density at radius 2 is 1.96 bits per heavy atom. The van der Waals surface area contributed by atoms with E-state index in [2.05, 4.69) is 10.3 Å². The molecule has 0 aliphatic heterocycles. The number of pyridine rings is 1. The molecule has 27 heavy (non-hydrogen) atoms. The standard InChI is InChI=1S/C19H18Cl2F2N2O2/c20-14-8-24-9-15(21)18(14)25-19(26)13-3-5-16(27-10-11-1-2-11)12(7-13)4-6-17(22)23/h3,5,7-9,11,17H,1-2,4,6,10H2,(H,24,25,26). The molecule has 1 aromatic heterocycles. The Morgan fingerprint density at radius 3 is 2.59 bits per heavy atom. The summed E-state index contributed by atoms with van der Waals surface area (Å²) < 4.78 is 31.1. The largest absolute Gasteiger partial charge is 0.493 e. The van der Waals surface area contributed by atoms with E-state index in [0.717, 1.165) is 12.8 Å². The molecular weight excluding hydrogens is 397 g/mol. The predicted molar refractivity (Wildman–Crippen MR) is 101 cm³/mol. The van der Waals surface area contributed by atoms with Crippen molar-refractivity contribution in [3.05, 3.63) is 51.8 Å². The van der Waals surface area contributed by atoms with Gasteiger partial charge in [0, 0.05) is 24.4 Å². The molecule has 0 radical (unpaired) electrons. The molecule has 1 N–H and O–H groups in total. The Balaban J connectivity index is 1.78. The summed E-state index contributed by atoms with van der Waals surface area (Å²) in [6.45, 7) is 0.565. The number of carbonyl (C=O) groups excluding carboxylic acids is 1. The summed E-state index contributed by atoms with van der Waals surface area (Å²) in [5.74, 6) is 0.628. The van der Waals surface area contributed by atoms with Crippen LogP contribution in [0.3, 0.4) is 0 Å². The summed E-state index contributed by atoms with van der Waals surface area (Å²) in [7, 11) is 0. The summed E-state index contributed by atoms with van der Waals surface area (Å²) >= 11 is 12.0. The van der Waals surface area contributed by atoms with Gasteiger partial charge in [-0.05, 0) is 48.9 Å². The summed E-state index contributed by atoms with van der Waals surface area (Å²) in [6, 6.07) is 4.81. The molecule has 0 bridgehead atoms. The second-order valence-corrected chi connectivity index (χ2v) is 7.25. The first-order valence-corrected chi connectivity index (χ1v) is 9.34. The zero-order chi connectivity index (χ0) is 19.4. The maximum atomic E-state index is 12.7. The molecule has 1 amide bonds. The quantitative estimate of drug-likeness (QED) is 0.608. The molecule has 1 aromatic carbocycles. The molecule has 1 saturated carbocycles. The van der Waals surface area contributed by atoms with Gasteiger partial charge in [0.15, 0.2) is 0 Å². The van der Waals surface area contributed by atoms with Gasteiger partial charge in [0.1, 0.15) is 5.75 Å². The minimum atomic E-state index is -2.42. The monoisotopic (exact) mass is 414 g/mol. The van der Waals surface area contributed by atoms with Crippen LogP contribution in [0.2, 0.25) is 10.0 Å². The summed E-state index contributed by atoms with van der Waals surface area (Å²) in [6.07, 6.45) is 2.38. The van der Waals surface area contributed by atoms with Crippen LogP contribution in [0.1, 0.15) is 35.2 Å². The van der Waals surface area contributed by atoms with Crippen molar-refractivity contribution in [3.63, 3.8) is 0 Å². The molecule has 144 valence electrons. The van der Waals surface area contributed by atoms with Gasteiger partial charge in [-0.1, -0.05) is 23.2 Å². The predicted octanol–water partition coefficient (Wildman–Crippen LogP) is 5.63. The summed E-state index contributed by atoms with van der Waals surface area (Å²) in [5.41, 5.74) is 1.14. The van der Waals surface area contributed by atoms with Gasteiger partial charge in [-0.2, -0.15) is 0 Å². The molecule has 0 spiro atoms. The number of rotatable bonds is 8. The lowest BCUT2D eigenvalue weighted by molar-refractivity contribution is 0.102. The average Bonchev–Trinajstić information content (AvgIpc) is 3.46. The Hall–Kier alpha value is -1.92. The first-order valence-electron chi connectivity index (χ1n) is 8.58. The van der Waals surface area contributed by atoms with E-state index in [4.69, 9.17) is 27.9 Å². The number of hydrogen-bond acceptors (Lipinski definition) is 3. The number of alkyl halides is 2. The van der Waals surface area contributed by atoms with Gasteiger partial charge in [0.25, 0.3) is 5.91 Å². The Morgan fingerprint density at radius 1 is 1.26 bits per heavy atom. The zero-order valence-corrected chi connectivity index (χ0v) is 15.9. The average molecular weight is 415 g/mol. The number of ether oxygens (including phenoxy) is 1. The van der Waals surface area contributed by atoms with E-state index < -0.39 is 12.3 Å². The van der Waals surface area contributed by atoms with Crippen LogP contribution < -0.4 is 10.1 Å². The van der Waals surface area contributed by atoms with Crippen molar-refractivity contribution in [1.29, 1.82) is 0 Å². The van der Waals surface area contributed by atoms with Crippen LogP contribution in [0.4, 0.5) is 14.5 Å². The normalized spacial score (nSPS) is 13.7. The Bertz CT molecular complexity index is 809.